The summed E-state index contributed by atoms with van der Waals surface area (Å²) in [7, 11) is 0. The van der Waals surface area contributed by atoms with E-state index in [1.165, 1.54) is 0 Å². The lowest BCUT2D eigenvalue weighted by atomic mass is 9.85. The van der Waals surface area contributed by atoms with Crippen LogP contribution >= 0.6 is 0 Å². The van der Waals surface area contributed by atoms with Gasteiger partial charge in [-0.15, -0.1) is 0 Å². The van der Waals surface area contributed by atoms with Crippen molar-refractivity contribution in [3.8, 4) is 0 Å². The third kappa shape index (κ3) is 9.34. The number of carbonyl (C=O) groups is 2. The number of aliphatic hydroxyl groups excluding tert-OH is 5. The van der Waals surface area contributed by atoms with Gasteiger partial charge in [0.05, 0.1) is 31.0 Å². The van der Waals surface area contributed by atoms with Crippen LogP contribution in [-0.4, -0.2) is 118 Å². The summed E-state index contributed by atoms with van der Waals surface area (Å²) >= 11 is 0. The summed E-state index contributed by atoms with van der Waals surface area (Å²) < 4.78 is 41.9. The Morgan fingerprint density at radius 1 is 0.900 bits per heavy atom. The SMILES string of the molecule is CCOC(=O)[C@H](CC1CCCCC1)OC1C(O)C(CO)OC(OC2CCCC(C)C2OC2OC=C(O)C(O)C2O)C1OC(=O)c1ccccc1. The van der Waals surface area contributed by atoms with E-state index in [4.69, 9.17) is 33.2 Å². The first kappa shape index (κ1) is 38.4. The highest BCUT2D eigenvalue weighted by Gasteiger charge is 2.52. The van der Waals surface area contributed by atoms with Crippen molar-refractivity contribution in [2.75, 3.05) is 13.2 Å². The molecule has 11 unspecified atom stereocenters. The van der Waals surface area contributed by atoms with Crippen molar-refractivity contribution in [3.63, 3.8) is 0 Å². The van der Waals surface area contributed by atoms with Gasteiger partial charge in [0.2, 0.25) is 6.29 Å². The Hall–Kier alpha value is -2.82. The van der Waals surface area contributed by atoms with Crippen LogP contribution in [0.4, 0.5) is 0 Å². The van der Waals surface area contributed by atoms with Crippen LogP contribution in [0, 0.1) is 11.8 Å². The van der Waals surface area contributed by atoms with Crippen LogP contribution in [0.15, 0.2) is 42.4 Å². The van der Waals surface area contributed by atoms with Gasteiger partial charge in [0.25, 0.3) is 0 Å². The van der Waals surface area contributed by atoms with Crippen LogP contribution < -0.4 is 0 Å². The summed E-state index contributed by atoms with van der Waals surface area (Å²) in [6, 6.07) is 8.23. The van der Waals surface area contributed by atoms with Crippen molar-refractivity contribution in [2.45, 2.75) is 139 Å². The van der Waals surface area contributed by atoms with Crippen molar-refractivity contribution >= 4 is 11.9 Å². The predicted octanol–water partition coefficient (Wildman–Crippen LogP) is 2.65. The average Bonchev–Trinajstić information content (AvgIpc) is 3.12. The highest BCUT2D eigenvalue weighted by molar-refractivity contribution is 5.89. The fourth-order valence-electron chi connectivity index (χ4n) is 7.31. The molecule has 50 heavy (non-hydrogen) atoms. The second-order valence-electron chi connectivity index (χ2n) is 13.7. The molecule has 14 heteroatoms. The summed E-state index contributed by atoms with van der Waals surface area (Å²) in [6.07, 6.45) is -5.87. The molecular weight excluding hydrogens is 656 g/mol. The molecule has 1 saturated heterocycles. The van der Waals surface area contributed by atoms with E-state index < -0.39 is 91.8 Å². The van der Waals surface area contributed by atoms with E-state index in [2.05, 4.69) is 0 Å². The molecule has 0 amide bonds. The minimum Gasteiger partial charge on any atom is -0.506 e. The van der Waals surface area contributed by atoms with E-state index in [-0.39, 0.29) is 24.0 Å². The number of benzene rings is 1. The molecule has 14 nitrogen and oxygen atoms in total. The Morgan fingerprint density at radius 3 is 2.34 bits per heavy atom. The monoisotopic (exact) mass is 708 g/mol. The maximum Gasteiger partial charge on any atom is 0.338 e. The third-order valence-electron chi connectivity index (χ3n) is 10.1. The van der Waals surface area contributed by atoms with E-state index in [0.717, 1.165) is 51.2 Å². The van der Waals surface area contributed by atoms with Crippen LogP contribution in [0.25, 0.3) is 0 Å². The predicted molar refractivity (Wildman–Crippen MR) is 174 cm³/mol. The normalized spacial score (nSPS) is 35.7. The summed E-state index contributed by atoms with van der Waals surface area (Å²) in [5.41, 5.74) is 0.221. The zero-order chi connectivity index (χ0) is 35.8. The lowest BCUT2D eigenvalue weighted by molar-refractivity contribution is -0.336. The first-order valence-corrected chi connectivity index (χ1v) is 17.8. The number of ether oxygens (including phenoxy) is 7. The quantitative estimate of drug-likeness (QED) is 0.187. The number of hydrogen-bond acceptors (Lipinski definition) is 14. The molecule has 2 heterocycles. The molecule has 0 bridgehead atoms. The van der Waals surface area contributed by atoms with Crippen molar-refractivity contribution in [1.82, 2.24) is 0 Å². The number of hydrogen-bond donors (Lipinski definition) is 5. The molecule has 2 aliphatic heterocycles. The Labute approximate surface area is 292 Å². The molecule has 2 saturated carbocycles. The lowest BCUT2D eigenvalue weighted by Crippen LogP contribution is -2.63. The molecule has 12 atom stereocenters. The highest BCUT2D eigenvalue weighted by atomic mass is 16.7. The molecule has 2 aliphatic carbocycles. The Morgan fingerprint density at radius 2 is 1.64 bits per heavy atom. The third-order valence-corrected chi connectivity index (χ3v) is 10.1. The molecule has 1 aromatic rings. The van der Waals surface area contributed by atoms with Crippen LogP contribution in [-0.2, 0) is 38.0 Å². The number of rotatable bonds is 13. The van der Waals surface area contributed by atoms with Gasteiger partial charge >= 0.3 is 11.9 Å². The molecular formula is C36H52O14. The molecule has 5 N–H and O–H groups in total. The lowest BCUT2D eigenvalue weighted by Gasteiger charge is -2.47. The summed E-state index contributed by atoms with van der Waals surface area (Å²) in [5, 5.41) is 52.4. The van der Waals surface area contributed by atoms with Gasteiger partial charge in [-0.3, -0.25) is 0 Å². The van der Waals surface area contributed by atoms with Crippen molar-refractivity contribution in [3.05, 3.63) is 47.9 Å². The minimum atomic E-state index is -1.61. The molecule has 4 aliphatic rings. The smallest absolute Gasteiger partial charge is 0.338 e. The van der Waals surface area contributed by atoms with Gasteiger partial charge in [-0.1, -0.05) is 63.6 Å². The number of carbonyl (C=O) groups excluding carboxylic acids is 2. The molecule has 280 valence electrons. The minimum absolute atomic E-state index is 0.115. The first-order valence-electron chi connectivity index (χ1n) is 17.8. The standard InChI is InChI=1S/C36H52O14/c1-3-44-34(43)25(17-21-12-6-4-7-13-21)46-31-28(40)26(18-37)48-36(32(31)49-33(42)22-14-8-5-9-15-22)47-24-16-10-11-20(2)30(24)50-35-29(41)27(39)23(38)19-45-35/h5,8-9,14-15,19-21,24-32,35-41H,3-4,6-7,10-13,16-18H2,1-2H3/t20?,24?,25-,26?,27?,28?,29?,30?,31?,32?,35?,36?/m0/s1. The van der Waals surface area contributed by atoms with Gasteiger partial charge in [0.1, 0.15) is 36.8 Å². The maximum atomic E-state index is 13.5. The maximum absolute atomic E-state index is 13.5. The fourth-order valence-corrected chi connectivity index (χ4v) is 7.31. The fraction of sp³-hybridized carbons (Fsp3) is 0.722. The van der Waals surface area contributed by atoms with Crippen LogP contribution in [0.5, 0.6) is 0 Å². The Balaban J connectivity index is 1.44. The molecule has 5 rings (SSSR count). The van der Waals surface area contributed by atoms with Crippen LogP contribution in [0.2, 0.25) is 0 Å². The van der Waals surface area contributed by atoms with Gasteiger partial charge in [-0.2, -0.15) is 0 Å². The number of esters is 2. The summed E-state index contributed by atoms with van der Waals surface area (Å²) in [4.78, 5) is 26.8. The van der Waals surface area contributed by atoms with Crippen molar-refractivity contribution < 1.29 is 68.3 Å². The zero-order valence-corrected chi connectivity index (χ0v) is 28.7. The van der Waals surface area contributed by atoms with Crippen molar-refractivity contribution in [1.29, 1.82) is 0 Å². The second kappa shape index (κ2) is 18.1. The van der Waals surface area contributed by atoms with Crippen LogP contribution in [0.3, 0.4) is 0 Å². The Bertz CT molecular complexity index is 1250. The van der Waals surface area contributed by atoms with E-state index in [9.17, 15) is 35.1 Å². The molecule has 0 spiro atoms. The van der Waals surface area contributed by atoms with Crippen LogP contribution in [0.1, 0.15) is 82.0 Å². The summed E-state index contributed by atoms with van der Waals surface area (Å²) in [5.74, 6) is -1.84. The molecule has 0 aromatic heterocycles. The van der Waals surface area contributed by atoms with E-state index in [1.54, 1.807) is 37.3 Å². The summed E-state index contributed by atoms with van der Waals surface area (Å²) in [6.45, 7) is 3.10. The molecule has 0 radical (unpaired) electrons. The van der Waals surface area contributed by atoms with E-state index in [1.807, 2.05) is 6.92 Å². The van der Waals surface area contributed by atoms with E-state index >= 15 is 0 Å². The first-order chi connectivity index (χ1) is 24.1. The van der Waals surface area contributed by atoms with E-state index in [0.29, 0.717) is 12.8 Å². The average molecular weight is 709 g/mol. The van der Waals surface area contributed by atoms with Gasteiger partial charge in [-0.05, 0) is 50.2 Å². The zero-order valence-electron chi connectivity index (χ0n) is 28.7. The largest absolute Gasteiger partial charge is 0.506 e. The van der Waals surface area contributed by atoms with Gasteiger partial charge in [-0.25, -0.2) is 9.59 Å². The molecule has 3 fully saturated rings. The highest BCUT2D eigenvalue weighted by Crippen LogP contribution is 2.37. The number of aliphatic hydroxyl groups is 5. The van der Waals surface area contributed by atoms with Gasteiger partial charge in [0.15, 0.2) is 24.3 Å². The van der Waals surface area contributed by atoms with Gasteiger partial charge < -0.3 is 58.7 Å². The Kier molecular flexibility index (Phi) is 13.9. The molecule has 1 aromatic carbocycles. The van der Waals surface area contributed by atoms with Crippen molar-refractivity contribution in [2.24, 2.45) is 11.8 Å². The topological polar surface area (TPSA) is 200 Å². The second-order valence-corrected chi connectivity index (χ2v) is 13.7. The van der Waals surface area contributed by atoms with Gasteiger partial charge in [0, 0.05) is 0 Å².